The Hall–Kier alpha value is -1.13. The fourth-order valence-electron chi connectivity index (χ4n) is 1.71. The molecule has 0 saturated heterocycles. The second-order valence-electron chi connectivity index (χ2n) is 4.20. The molecule has 1 N–H and O–H groups in total. The van der Waals surface area contributed by atoms with E-state index in [0.717, 1.165) is 0 Å². The summed E-state index contributed by atoms with van der Waals surface area (Å²) in [6.07, 6.45) is 3.16. The number of hydrogen-bond donors (Lipinski definition) is 1. The molecule has 2 aromatic rings. The number of aliphatic hydroxyl groups is 1. The summed E-state index contributed by atoms with van der Waals surface area (Å²) in [5.74, 6) is -0.330. The summed E-state index contributed by atoms with van der Waals surface area (Å²) >= 11 is 3.20. The third-order valence-electron chi connectivity index (χ3n) is 2.69. The first kappa shape index (κ1) is 12.3. The van der Waals surface area contributed by atoms with E-state index in [2.05, 4.69) is 15.9 Å². The largest absolute Gasteiger partial charge is 0.472 e. The van der Waals surface area contributed by atoms with E-state index in [1.165, 1.54) is 18.6 Å². The Bertz CT molecular complexity index is 506. The molecule has 0 amide bonds. The van der Waals surface area contributed by atoms with Crippen LogP contribution in [0.15, 0.2) is 45.7 Å². The van der Waals surface area contributed by atoms with E-state index in [1.807, 2.05) is 0 Å². The highest BCUT2D eigenvalue weighted by Gasteiger charge is 2.26. The first-order valence-electron chi connectivity index (χ1n) is 5.18. The molecule has 1 unspecified atom stereocenters. The van der Waals surface area contributed by atoms with E-state index in [0.29, 0.717) is 15.6 Å². The Morgan fingerprint density at radius 3 is 2.76 bits per heavy atom. The van der Waals surface area contributed by atoms with Crippen LogP contribution < -0.4 is 0 Å². The van der Waals surface area contributed by atoms with Crippen molar-refractivity contribution in [3.63, 3.8) is 0 Å². The number of benzene rings is 1. The van der Waals surface area contributed by atoms with E-state index in [9.17, 15) is 9.50 Å². The Balaban J connectivity index is 2.26. The van der Waals surface area contributed by atoms with Crippen LogP contribution in [0.5, 0.6) is 0 Å². The van der Waals surface area contributed by atoms with Crippen molar-refractivity contribution >= 4 is 15.9 Å². The molecule has 0 saturated carbocycles. The van der Waals surface area contributed by atoms with Gasteiger partial charge in [0.15, 0.2) is 0 Å². The van der Waals surface area contributed by atoms with Crippen LogP contribution in [-0.4, -0.2) is 5.11 Å². The van der Waals surface area contributed by atoms with Crippen molar-refractivity contribution in [3.05, 3.63) is 58.2 Å². The lowest BCUT2D eigenvalue weighted by Gasteiger charge is -2.22. The van der Waals surface area contributed by atoms with E-state index in [1.54, 1.807) is 25.1 Å². The Morgan fingerprint density at radius 2 is 2.18 bits per heavy atom. The predicted octanol–water partition coefficient (Wildman–Crippen LogP) is 3.63. The summed E-state index contributed by atoms with van der Waals surface area (Å²) in [5, 5.41) is 10.3. The average Bonchev–Trinajstić information content (AvgIpc) is 2.76. The Labute approximate surface area is 107 Å². The van der Waals surface area contributed by atoms with Crippen molar-refractivity contribution in [1.29, 1.82) is 0 Å². The molecule has 0 bridgehead atoms. The normalized spacial score (nSPS) is 14.6. The van der Waals surface area contributed by atoms with Gasteiger partial charge in [0, 0.05) is 16.5 Å². The Morgan fingerprint density at radius 1 is 1.41 bits per heavy atom. The minimum absolute atomic E-state index is 0.200. The van der Waals surface area contributed by atoms with Gasteiger partial charge >= 0.3 is 0 Å². The number of halogens is 2. The fraction of sp³-hybridized carbons (Fsp3) is 0.231. The Kier molecular flexibility index (Phi) is 3.35. The lowest BCUT2D eigenvalue weighted by molar-refractivity contribution is 0.0561. The van der Waals surface area contributed by atoms with Crippen LogP contribution in [0.2, 0.25) is 0 Å². The van der Waals surface area contributed by atoms with Crippen molar-refractivity contribution in [2.75, 3.05) is 0 Å². The SMILES string of the molecule is CC(O)(Cc1ccc(Br)cc1F)c1ccoc1. The van der Waals surface area contributed by atoms with Gasteiger partial charge in [0.05, 0.1) is 18.1 Å². The third kappa shape index (κ3) is 2.76. The second-order valence-corrected chi connectivity index (χ2v) is 5.11. The first-order chi connectivity index (χ1) is 7.99. The van der Waals surface area contributed by atoms with Gasteiger partial charge in [0.25, 0.3) is 0 Å². The van der Waals surface area contributed by atoms with Gasteiger partial charge in [-0.05, 0) is 30.7 Å². The summed E-state index contributed by atoms with van der Waals surface area (Å²) in [6.45, 7) is 1.64. The maximum Gasteiger partial charge on any atom is 0.127 e. The van der Waals surface area contributed by atoms with Gasteiger partial charge < -0.3 is 9.52 Å². The van der Waals surface area contributed by atoms with E-state index >= 15 is 0 Å². The van der Waals surface area contributed by atoms with Crippen molar-refractivity contribution in [2.45, 2.75) is 18.9 Å². The summed E-state index contributed by atoms with van der Waals surface area (Å²) in [7, 11) is 0. The summed E-state index contributed by atoms with van der Waals surface area (Å²) < 4.78 is 19.3. The molecule has 0 fully saturated rings. The van der Waals surface area contributed by atoms with Crippen LogP contribution in [-0.2, 0) is 12.0 Å². The molecule has 2 nitrogen and oxygen atoms in total. The number of hydrogen-bond acceptors (Lipinski definition) is 2. The molecular weight excluding hydrogens is 287 g/mol. The molecule has 1 aromatic carbocycles. The molecule has 2 rings (SSSR count). The molecule has 90 valence electrons. The average molecular weight is 299 g/mol. The van der Waals surface area contributed by atoms with Crippen LogP contribution in [0, 0.1) is 5.82 Å². The van der Waals surface area contributed by atoms with Crippen LogP contribution in [0.1, 0.15) is 18.1 Å². The van der Waals surface area contributed by atoms with Crippen molar-refractivity contribution < 1.29 is 13.9 Å². The molecule has 0 aliphatic rings. The molecule has 4 heteroatoms. The van der Waals surface area contributed by atoms with Gasteiger partial charge in [-0.2, -0.15) is 0 Å². The molecule has 0 aliphatic carbocycles. The van der Waals surface area contributed by atoms with Crippen LogP contribution in [0.25, 0.3) is 0 Å². The maximum absolute atomic E-state index is 13.7. The van der Waals surface area contributed by atoms with Gasteiger partial charge in [-0.1, -0.05) is 22.0 Å². The minimum Gasteiger partial charge on any atom is -0.472 e. The first-order valence-corrected chi connectivity index (χ1v) is 5.97. The minimum atomic E-state index is -1.14. The topological polar surface area (TPSA) is 33.4 Å². The lowest BCUT2D eigenvalue weighted by Crippen LogP contribution is -2.24. The molecular formula is C13H12BrFO2. The van der Waals surface area contributed by atoms with Crippen molar-refractivity contribution in [2.24, 2.45) is 0 Å². The zero-order valence-corrected chi connectivity index (χ0v) is 10.9. The van der Waals surface area contributed by atoms with Crippen LogP contribution in [0.4, 0.5) is 4.39 Å². The monoisotopic (exact) mass is 298 g/mol. The summed E-state index contributed by atoms with van der Waals surface area (Å²) in [4.78, 5) is 0. The van der Waals surface area contributed by atoms with Gasteiger partial charge in [-0.15, -0.1) is 0 Å². The summed E-state index contributed by atoms with van der Waals surface area (Å²) in [6, 6.07) is 6.48. The predicted molar refractivity (Wildman–Crippen MR) is 66.1 cm³/mol. The molecule has 17 heavy (non-hydrogen) atoms. The molecule has 1 heterocycles. The highest BCUT2D eigenvalue weighted by Crippen LogP contribution is 2.27. The van der Waals surface area contributed by atoms with E-state index in [-0.39, 0.29) is 12.2 Å². The quantitative estimate of drug-likeness (QED) is 0.939. The lowest BCUT2D eigenvalue weighted by atomic mass is 9.91. The smallest absolute Gasteiger partial charge is 0.127 e. The maximum atomic E-state index is 13.7. The molecule has 0 spiro atoms. The standard InChI is InChI=1S/C13H12BrFO2/c1-13(16,10-4-5-17-8-10)7-9-2-3-11(14)6-12(9)15/h2-6,8,16H,7H2,1H3. The van der Waals surface area contributed by atoms with Gasteiger partial charge in [0.1, 0.15) is 5.82 Å². The van der Waals surface area contributed by atoms with Gasteiger partial charge in [0.2, 0.25) is 0 Å². The fourth-order valence-corrected chi connectivity index (χ4v) is 2.04. The molecule has 0 aliphatic heterocycles. The summed E-state index contributed by atoms with van der Waals surface area (Å²) in [5.41, 5.74) is -0.0268. The van der Waals surface area contributed by atoms with Crippen molar-refractivity contribution in [3.8, 4) is 0 Å². The number of rotatable bonds is 3. The number of furan rings is 1. The van der Waals surface area contributed by atoms with Gasteiger partial charge in [-0.25, -0.2) is 4.39 Å². The van der Waals surface area contributed by atoms with Gasteiger partial charge in [-0.3, -0.25) is 0 Å². The third-order valence-corrected chi connectivity index (χ3v) is 3.19. The van der Waals surface area contributed by atoms with E-state index in [4.69, 9.17) is 4.42 Å². The highest BCUT2D eigenvalue weighted by molar-refractivity contribution is 9.10. The van der Waals surface area contributed by atoms with Crippen LogP contribution in [0.3, 0.4) is 0 Å². The molecule has 1 atom stereocenters. The van der Waals surface area contributed by atoms with Crippen LogP contribution >= 0.6 is 15.9 Å². The van der Waals surface area contributed by atoms with E-state index < -0.39 is 5.60 Å². The zero-order chi connectivity index (χ0) is 12.5. The zero-order valence-electron chi connectivity index (χ0n) is 9.28. The second kappa shape index (κ2) is 4.63. The molecule has 0 radical (unpaired) electrons. The van der Waals surface area contributed by atoms with Crippen molar-refractivity contribution in [1.82, 2.24) is 0 Å². The molecule has 1 aromatic heterocycles. The highest BCUT2D eigenvalue weighted by atomic mass is 79.9.